The number of rotatable bonds is 6. The molecule has 1 heterocycles. The van der Waals surface area contributed by atoms with Gasteiger partial charge in [0.1, 0.15) is 6.10 Å². The molecule has 230 valence electrons. The molecule has 11 heteroatoms. The summed E-state index contributed by atoms with van der Waals surface area (Å²) in [7, 11) is 2.92. The van der Waals surface area contributed by atoms with Crippen LogP contribution in [0.25, 0.3) is 0 Å². The number of methoxy groups -OCH3 is 2. The lowest BCUT2D eigenvalue weighted by Gasteiger charge is -2.30. The Morgan fingerprint density at radius 2 is 1.90 bits per heavy atom. The Morgan fingerprint density at radius 1 is 1.21 bits per heavy atom. The van der Waals surface area contributed by atoms with Gasteiger partial charge in [-0.15, -0.1) is 6.58 Å². The number of aliphatic hydroxyl groups excluding tert-OH is 1. The van der Waals surface area contributed by atoms with Gasteiger partial charge in [0.05, 0.1) is 23.6 Å². The Kier molecular flexibility index (Phi) is 13.1. The molecule has 42 heavy (non-hydrogen) atoms. The number of aliphatic hydroxyl groups is 1. The van der Waals surface area contributed by atoms with Crippen LogP contribution in [0.1, 0.15) is 40.5 Å². The van der Waals surface area contributed by atoms with E-state index >= 15 is 0 Å². The average Bonchev–Trinajstić information content (AvgIpc) is 2.94. The minimum absolute atomic E-state index is 0.132. The Morgan fingerprint density at radius 3 is 2.50 bits per heavy atom. The van der Waals surface area contributed by atoms with E-state index in [1.165, 1.54) is 20.3 Å². The van der Waals surface area contributed by atoms with Gasteiger partial charge < -0.3 is 35.7 Å². The van der Waals surface area contributed by atoms with Gasteiger partial charge in [-0.25, -0.2) is 4.79 Å². The molecule has 0 aromatic heterocycles. The molecule has 0 saturated heterocycles. The van der Waals surface area contributed by atoms with Crippen molar-refractivity contribution in [2.75, 3.05) is 20.8 Å². The number of allylic oxidation sites excluding steroid dienone is 4. The van der Waals surface area contributed by atoms with Crippen LogP contribution in [-0.2, 0) is 28.6 Å². The van der Waals surface area contributed by atoms with Crippen molar-refractivity contribution in [3.05, 3.63) is 71.1 Å². The number of Topliss-reactive ketones (excluding diaryl/α,β-unsaturated/α-hetero) is 1. The van der Waals surface area contributed by atoms with Crippen molar-refractivity contribution in [3.63, 3.8) is 0 Å². The number of primary amides is 1. The molecule has 2 aliphatic rings. The fraction of sp³-hybridized carbons (Fsp3) is 0.484. The van der Waals surface area contributed by atoms with E-state index < -0.39 is 53.9 Å². The van der Waals surface area contributed by atoms with Gasteiger partial charge >= 0.3 is 6.09 Å². The zero-order valence-corrected chi connectivity index (χ0v) is 25.1. The number of nitrogens with one attached hydrogen (secondary N) is 2. The summed E-state index contributed by atoms with van der Waals surface area (Å²) in [6, 6.07) is 0. The molecule has 0 fully saturated rings. The molecular formula is C31H43N3O8. The number of hydrogen-bond donors (Lipinski definition) is 4. The quantitative estimate of drug-likeness (QED) is 0.271. The normalized spacial score (nSPS) is 28.4. The second kappa shape index (κ2) is 16.0. The third-order valence-electron chi connectivity index (χ3n) is 7.22. The van der Waals surface area contributed by atoms with Crippen LogP contribution in [0.2, 0.25) is 0 Å². The van der Waals surface area contributed by atoms with Crippen LogP contribution >= 0.6 is 0 Å². The number of carbonyl (C=O) groups is 4. The van der Waals surface area contributed by atoms with Crippen molar-refractivity contribution in [1.82, 2.24) is 10.6 Å². The van der Waals surface area contributed by atoms with E-state index in [0.717, 1.165) is 6.08 Å². The molecule has 1 aliphatic carbocycles. The second-order valence-corrected chi connectivity index (χ2v) is 10.6. The highest BCUT2D eigenvalue weighted by molar-refractivity contribution is 6.23. The van der Waals surface area contributed by atoms with Gasteiger partial charge in [-0.2, -0.15) is 0 Å². The van der Waals surface area contributed by atoms with E-state index in [2.05, 4.69) is 17.2 Å². The van der Waals surface area contributed by atoms with Crippen LogP contribution in [-0.4, -0.2) is 73.9 Å². The molecule has 0 spiro atoms. The smallest absolute Gasteiger partial charge is 0.405 e. The standard InChI is InChI=1S/C31H43N3O8/c1-8-12-33-26-21-13-17(2)14-25(41-7)27(36)19(4)15-20(5)29(42-31(32)39)24(40-6)11-9-10-18(3)30(38)34-22(28(21)37)16-23(26)35/h8-11,15-17,19,24-25,27,29,33,36H,1,12-14H2,2-7H3,(H2,32,39)(H,34,38)/t17-,19+,24-,25+,27+,29-/m0/s1. The molecule has 0 unspecified atom stereocenters. The summed E-state index contributed by atoms with van der Waals surface area (Å²) < 4.78 is 16.6. The highest BCUT2D eigenvalue weighted by atomic mass is 16.6. The third-order valence-corrected chi connectivity index (χ3v) is 7.22. The van der Waals surface area contributed by atoms with Crippen molar-refractivity contribution in [2.45, 2.75) is 65.0 Å². The first kappa shape index (κ1) is 34.4. The van der Waals surface area contributed by atoms with Crippen LogP contribution in [0, 0.1) is 11.8 Å². The minimum Gasteiger partial charge on any atom is -0.439 e. The van der Waals surface area contributed by atoms with Crippen LogP contribution in [0.4, 0.5) is 4.79 Å². The maximum absolute atomic E-state index is 13.5. The predicted octanol–water partition coefficient (Wildman–Crippen LogP) is 2.54. The highest BCUT2D eigenvalue weighted by Crippen LogP contribution is 2.28. The molecule has 0 aromatic rings. The van der Waals surface area contributed by atoms with E-state index in [4.69, 9.17) is 19.9 Å². The molecule has 2 rings (SSSR count). The van der Waals surface area contributed by atoms with Crippen LogP contribution < -0.4 is 16.4 Å². The summed E-state index contributed by atoms with van der Waals surface area (Å²) in [6.07, 6.45) is 5.34. The molecule has 11 nitrogen and oxygen atoms in total. The van der Waals surface area contributed by atoms with Crippen molar-refractivity contribution in [3.8, 4) is 0 Å². The summed E-state index contributed by atoms with van der Waals surface area (Å²) in [5.41, 5.74) is 6.42. The second-order valence-electron chi connectivity index (χ2n) is 10.6. The van der Waals surface area contributed by atoms with Gasteiger partial charge in [-0.3, -0.25) is 14.4 Å². The first-order valence-electron chi connectivity index (χ1n) is 13.8. The van der Waals surface area contributed by atoms with Gasteiger partial charge in [-0.1, -0.05) is 44.2 Å². The molecule has 2 bridgehead atoms. The van der Waals surface area contributed by atoms with E-state index in [0.29, 0.717) is 12.0 Å². The predicted molar refractivity (Wildman–Crippen MR) is 158 cm³/mol. The number of amides is 2. The summed E-state index contributed by atoms with van der Waals surface area (Å²) in [4.78, 5) is 51.3. The maximum Gasteiger partial charge on any atom is 0.405 e. The zero-order chi connectivity index (χ0) is 31.6. The fourth-order valence-corrected chi connectivity index (χ4v) is 4.95. The van der Waals surface area contributed by atoms with Crippen molar-refractivity contribution >= 4 is 23.6 Å². The van der Waals surface area contributed by atoms with Gasteiger partial charge in [-0.05, 0) is 38.2 Å². The molecule has 0 saturated carbocycles. The number of fused-ring (bicyclic) bond motifs is 2. The molecule has 1 aliphatic heterocycles. The van der Waals surface area contributed by atoms with Gasteiger partial charge in [0.15, 0.2) is 6.10 Å². The third kappa shape index (κ3) is 9.10. The van der Waals surface area contributed by atoms with Gasteiger partial charge in [0.2, 0.25) is 11.6 Å². The fourth-order valence-electron chi connectivity index (χ4n) is 4.95. The maximum atomic E-state index is 13.5. The first-order chi connectivity index (χ1) is 19.8. The number of nitrogens with two attached hydrogens (primary N) is 1. The lowest BCUT2D eigenvalue weighted by atomic mass is 9.85. The summed E-state index contributed by atoms with van der Waals surface area (Å²) >= 11 is 0. The topological polar surface area (TPSA) is 166 Å². The van der Waals surface area contributed by atoms with Crippen LogP contribution in [0.3, 0.4) is 0 Å². The van der Waals surface area contributed by atoms with E-state index in [9.17, 15) is 24.3 Å². The molecular weight excluding hydrogens is 542 g/mol. The molecule has 0 aromatic carbocycles. The van der Waals surface area contributed by atoms with Crippen molar-refractivity contribution < 1.29 is 38.5 Å². The van der Waals surface area contributed by atoms with Gasteiger partial charge in [0.25, 0.3) is 5.91 Å². The lowest BCUT2D eigenvalue weighted by molar-refractivity contribution is -0.120. The highest BCUT2D eigenvalue weighted by Gasteiger charge is 2.33. The van der Waals surface area contributed by atoms with E-state index in [1.54, 1.807) is 45.1 Å². The van der Waals surface area contributed by atoms with E-state index in [-0.39, 0.29) is 41.4 Å². The SMILES string of the molecule is C=CCNC1=C2C[C@H](C)C[C@@H](OC)[C@H](O)[C@H](C)C=C(C)[C@H](OC(N)=O)[C@@H](OC)C=CC=C(C)C(=O)NC(=CC1=O)C2=O. The molecule has 0 radical (unpaired) electrons. The number of ketones is 2. The van der Waals surface area contributed by atoms with Crippen LogP contribution in [0.15, 0.2) is 71.1 Å². The summed E-state index contributed by atoms with van der Waals surface area (Å²) in [6.45, 7) is 10.9. The first-order valence-corrected chi connectivity index (χ1v) is 13.8. The van der Waals surface area contributed by atoms with Crippen LogP contribution in [0.5, 0.6) is 0 Å². The Bertz CT molecular complexity index is 1210. The summed E-state index contributed by atoms with van der Waals surface area (Å²) in [5.74, 6) is -2.14. The molecule has 5 N–H and O–H groups in total. The minimum atomic E-state index is -1.00. The average molecular weight is 586 g/mol. The number of carbonyl (C=O) groups excluding carboxylic acids is 4. The molecule has 2 amide bonds. The molecule has 6 atom stereocenters. The Balaban J connectivity index is 2.62. The Labute approximate surface area is 247 Å². The number of ether oxygens (including phenoxy) is 3. The largest absolute Gasteiger partial charge is 0.439 e. The Hall–Kier alpha value is -3.80. The zero-order valence-electron chi connectivity index (χ0n) is 25.1. The van der Waals surface area contributed by atoms with E-state index in [1.807, 2.05) is 6.92 Å². The lowest BCUT2D eigenvalue weighted by Crippen LogP contribution is -2.37. The van der Waals surface area contributed by atoms with Gasteiger partial charge in [0, 0.05) is 43.9 Å². The monoisotopic (exact) mass is 585 g/mol. The van der Waals surface area contributed by atoms with Crippen molar-refractivity contribution in [1.29, 1.82) is 0 Å². The van der Waals surface area contributed by atoms with Crippen molar-refractivity contribution in [2.24, 2.45) is 17.6 Å². The summed E-state index contributed by atoms with van der Waals surface area (Å²) in [5, 5.41) is 16.7. The number of hydrogen-bond acceptors (Lipinski definition) is 9.